The van der Waals surface area contributed by atoms with Crippen molar-refractivity contribution in [3.63, 3.8) is 0 Å². The summed E-state index contributed by atoms with van der Waals surface area (Å²) in [4.78, 5) is 17.6. The van der Waals surface area contributed by atoms with Crippen molar-refractivity contribution in [1.29, 1.82) is 0 Å². The molecule has 350 valence electrons. The van der Waals surface area contributed by atoms with Gasteiger partial charge >= 0.3 is 0 Å². The molecule has 0 radical (unpaired) electrons. The second-order valence-corrected chi connectivity index (χ2v) is 21.8. The molecule has 4 N–H and O–H groups in total. The highest BCUT2D eigenvalue weighted by Gasteiger charge is 2.25. The Labute approximate surface area is 382 Å². The van der Waals surface area contributed by atoms with Gasteiger partial charge in [0, 0.05) is 105 Å². The first-order valence-corrected chi connectivity index (χ1v) is 23.4. The predicted octanol–water partition coefficient (Wildman–Crippen LogP) is 6.99. The zero-order valence-corrected chi connectivity index (χ0v) is 41.6. The first-order chi connectivity index (χ1) is 30.1. The Hall–Kier alpha value is -4.70. The van der Waals surface area contributed by atoms with E-state index in [1.54, 1.807) is 12.4 Å². The summed E-state index contributed by atoms with van der Waals surface area (Å²) in [7, 11) is 0. The molecular weight excluding hydrogens is 799 g/mol. The molecule has 6 aromatic rings. The molecule has 0 spiro atoms. The molecule has 64 heavy (non-hydrogen) atoms. The molecular formula is C49H79N15. The number of nitrogens with zero attached hydrogens (tertiary/aromatic N) is 11. The largest absolute Gasteiger partial charge is 0.332 e. The van der Waals surface area contributed by atoms with Crippen molar-refractivity contribution in [2.24, 2.45) is 0 Å². The second-order valence-electron chi connectivity index (χ2n) is 21.8. The van der Waals surface area contributed by atoms with Crippen LogP contribution in [0, 0.1) is 0 Å². The van der Waals surface area contributed by atoms with Crippen LogP contribution in [0.3, 0.4) is 0 Å². The maximum atomic E-state index is 4.62. The molecule has 15 nitrogen and oxygen atoms in total. The number of aromatic nitrogens is 11. The highest BCUT2D eigenvalue weighted by molar-refractivity contribution is 5.38. The number of imidazole rings is 3. The van der Waals surface area contributed by atoms with E-state index >= 15 is 0 Å². The molecule has 15 heteroatoms. The van der Waals surface area contributed by atoms with Gasteiger partial charge in [0.25, 0.3) is 0 Å². The van der Waals surface area contributed by atoms with Crippen molar-refractivity contribution in [1.82, 2.24) is 74.3 Å². The first kappa shape index (κ1) is 48.7. The van der Waals surface area contributed by atoms with Crippen molar-refractivity contribution < 1.29 is 0 Å². The molecule has 0 amide bonds. The summed E-state index contributed by atoms with van der Waals surface area (Å²) >= 11 is 0. The molecule has 4 aliphatic heterocycles. The Morgan fingerprint density at radius 2 is 1.23 bits per heavy atom. The highest BCUT2D eigenvalue weighted by atomic mass is 15.3. The van der Waals surface area contributed by atoms with Crippen LogP contribution in [0.2, 0.25) is 0 Å². The summed E-state index contributed by atoms with van der Waals surface area (Å²) in [5.41, 5.74) is 10.5. The van der Waals surface area contributed by atoms with Crippen molar-refractivity contribution in [2.75, 3.05) is 26.2 Å². The smallest absolute Gasteiger partial charge is 0.155 e. The molecule has 0 bridgehead atoms. The van der Waals surface area contributed by atoms with Crippen LogP contribution in [0.15, 0.2) is 49.4 Å². The van der Waals surface area contributed by atoms with E-state index in [9.17, 15) is 0 Å². The normalized spacial score (nSPS) is 16.0. The van der Waals surface area contributed by atoms with E-state index in [0.29, 0.717) is 5.92 Å². The van der Waals surface area contributed by atoms with E-state index in [1.807, 2.05) is 23.0 Å². The number of fused-ring (bicyclic) bond motifs is 5. The summed E-state index contributed by atoms with van der Waals surface area (Å²) < 4.78 is 10.8. The third kappa shape index (κ3) is 12.5. The average molecular weight is 878 g/mol. The lowest BCUT2D eigenvalue weighted by Crippen LogP contribution is -2.31. The third-order valence-corrected chi connectivity index (χ3v) is 11.8. The maximum absolute atomic E-state index is 4.62. The Balaban J connectivity index is 0.000000133. The van der Waals surface area contributed by atoms with Gasteiger partial charge in [0.15, 0.2) is 5.65 Å². The quantitative estimate of drug-likeness (QED) is 0.136. The molecule has 10 rings (SSSR count). The van der Waals surface area contributed by atoms with Gasteiger partial charge in [-0.2, -0.15) is 10.2 Å². The van der Waals surface area contributed by atoms with Gasteiger partial charge in [-0.05, 0) is 23.0 Å². The molecule has 0 unspecified atom stereocenters. The molecule has 6 aromatic heterocycles. The van der Waals surface area contributed by atoms with Crippen molar-refractivity contribution in [3.05, 3.63) is 101 Å². The van der Waals surface area contributed by atoms with Crippen LogP contribution in [-0.4, -0.2) is 79.2 Å². The lowest BCUT2D eigenvalue weighted by molar-refractivity contribution is 0.453. The van der Waals surface area contributed by atoms with E-state index in [1.165, 1.54) is 45.7 Å². The first-order valence-electron chi connectivity index (χ1n) is 23.4. The summed E-state index contributed by atoms with van der Waals surface area (Å²) in [6.07, 6.45) is 13.7. The minimum Gasteiger partial charge on any atom is -0.332 e. The summed E-state index contributed by atoms with van der Waals surface area (Å²) in [6.45, 7) is 43.0. The molecule has 0 saturated carbocycles. The van der Waals surface area contributed by atoms with Crippen molar-refractivity contribution in [2.45, 2.75) is 177 Å². The van der Waals surface area contributed by atoms with Crippen LogP contribution in [0.25, 0.3) is 5.65 Å². The summed E-state index contributed by atoms with van der Waals surface area (Å²) in [5.74, 6) is 2.90. The molecule has 0 aromatic carbocycles. The maximum Gasteiger partial charge on any atom is 0.155 e. The Morgan fingerprint density at radius 1 is 0.609 bits per heavy atom. The van der Waals surface area contributed by atoms with Gasteiger partial charge in [-0.15, -0.1) is 0 Å². The van der Waals surface area contributed by atoms with E-state index < -0.39 is 0 Å². The van der Waals surface area contributed by atoms with Gasteiger partial charge in [-0.25, -0.2) is 15.0 Å². The van der Waals surface area contributed by atoms with Crippen LogP contribution in [0.1, 0.15) is 154 Å². The molecule has 0 fully saturated rings. The monoisotopic (exact) mass is 878 g/mol. The fraction of sp³-hybridized carbons (Fsp3) is 0.633. The lowest BCUT2D eigenvalue weighted by Gasteiger charge is -2.24. The van der Waals surface area contributed by atoms with Crippen LogP contribution in [-0.2, 0) is 74.0 Å². The van der Waals surface area contributed by atoms with E-state index in [0.717, 1.165) is 89.9 Å². The average Bonchev–Trinajstić information content (AvgIpc) is 4.08. The minimum absolute atomic E-state index is 0.103. The van der Waals surface area contributed by atoms with Crippen LogP contribution < -0.4 is 21.3 Å². The standard InChI is InChI=1S/C10H17N3.C10H13N3.2C10H17N3.C9H15N3/c2*1-10(2,3)8-7-13-5-4-11-6-9(13)12-8;1-10(2,3)8-6-12-9-7-11-4-5-13(8)9;1-10(2,3)8-6-12-13-5-4-11-7-9(8)13;1-7(2)9-5-8-6-10-3-4-12(8)11-9/h7,11H,4-6H2,1-3H3;4-7H,1-3H3;2*6,11H,4-5,7H2,1-3H3;5,7,10H,3-4,6H2,1-2H3. The molecule has 0 aliphatic carbocycles. The van der Waals surface area contributed by atoms with Gasteiger partial charge in [-0.1, -0.05) is 96.9 Å². The van der Waals surface area contributed by atoms with Gasteiger partial charge in [-0.3, -0.25) is 14.3 Å². The number of hydrogen-bond donors (Lipinski definition) is 4. The topological polar surface area (TPSA) is 150 Å². The van der Waals surface area contributed by atoms with Crippen molar-refractivity contribution >= 4 is 5.65 Å². The van der Waals surface area contributed by atoms with E-state index in [4.69, 9.17) is 0 Å². The lowest BCUT2D eigenvalue weighted by atomic mass is 9.87. The van der Waals surface area contributed by atoms with Crippen LogP contribution in [0.4, 0.5) is 0 Å². The number of hydrogen-bond acceptors (Lipinski definition) is 10. The Kier molecular flexibility index (Phi) is 15.4. The molecule has 4 aliphatic rings. The van der Waals surface area contributed by atoms with Gasteiger partial charge in [0.05, 0.1) is 67.0 Å². The number of nitrogens with one attached hydrogen (secondary N) is 4. The van der Waals surface area contributed by atoms with Gasteiger partial charge in [0.1, 0.15) is 11.6 Å². The molecule has 10 heterocycles. The zero-order chi connectivity index (χ0) is 46.5. The van der Waals surface area contributed by atoms with Gasteiger partial charge in [0.2, 0.25) is 0 Å². The van der Waals surface area contributed by atoms with Crippen molar-refractivity contribution in [3.8, 4) is 0 Å². The van der Waals surface area contributed by atoms with E-state index in [-0.39, 0.29) is 21.7 Å². The summed E-state index contributed by atoms with van der Waals surface area (Å²) in [5, 5.41) is 22.3. The third-order valence-electron chi connectivity index (χ3n) is 11.8. The van der Waals surface area contributed by atoms with Gasteiger partial charge < -0.3 is 34.8 Å². The Bertz CT molecular complexity index is 2240. The number of rotatable bonds is 1. The zero-order valence-electron chi connectivity index (χ0n) is 41.6. The molecule has 0 atom stereocenters. The fourth-order valence-electron chi connectivity index (χ4n) is 7.85. The second kappa shape index (κ2) is 20.2. The van der Waals surface area contributed by atoms with Crippen LogP contribution >= 0.6 is 0 Å². The highest BCUT2D eigenvalue weighted by Crippen LogP contribution is 2.27. The van der Waals surface area contributed by atoms with Crippen LogP contribution in [0.5, 0.6) is 0 Å². The SMILES string of the molecule is CC(C)(C)c1cn2c(n1)CNCC2.CC(C)(C)c1cn2ccncc2n1.CC(C)(C)c1cnc2n1CCNC2.CC(C)(C)c1cnn2c1CNCC2.CC(C)c1cc2n(n1)CCNC2. The molecule has 0 saturated heterocycles. The van der Waals surface area contributed by atoms with E-state index in [2.05, 4.69) is 185 Å². The Morgan fingerprint density at radius 3 is 1.86 bits per heavy atom. The predicted molar refractivity (Wildman–Crippen MR) is 258 cm³/mol. The fourth-order valence-corrected chi connectivity index (χ4v) is 7.85. The summed E-state index contributed by atoms with van der Waals surface area (Å²) in [6, 6.07) is 2.21. The minimum atomic E-state index is 0.103.